The third-order valence-corrected chi connectivity index (χ3v) is 6.35. The van der Waals surface area contributed by atoms with Crippen LogP contribution < -0.4 is 20.1 Å². The molecule has 0 atom stereocenters. The molecule has 0 spiro atoms. The minimum Gasteiger partial charge on any atom is -0.497 e. The third-order valence-electron chi connectivity index (χ3n) is 6.35. The summed E-state index contributed by atoms with van der Waals surface area (Å²) in [5.74, 6) is 0.817. The molecule has 0 saturated heterocycles. The van der Waals surface area contributed by atoms with Gasteiger partial charge in [0, 0.05) is 25.8 Å². The molecule has 3 rings (SSSR count). The maximum absolute atomic E-state index is 12.4. The second-order valence-electron chi connectivity index (χ2n) is 8.87. The lowest BCUT2D eigenvalue weighted by Gasteiger charge is -2.36. The molecule has 0 aromatic heterocycles. The van der Waals surface area contributed by atoms with Crippen LogP contribution in [0.5, 0.6) is 11.5 Å². The van der Waals surface area contributed by atoms with Crippen molar-refractivity contribution in [3.63, 3.8) is 0 Å². The fourth-order valence-electron chi connectivity index (χ4n) is 4.22. The van der Waals surface area contributed by atoms with E-state index in [1.54, 1.807) is 21.1 Å². The summed E-state index contributed by atoms with van der Waals surface area (Å²) < 4.78 is 17.4. The predicted octanol–water partition coefficient (Wildman–Crippen LogP) is 4.00. The van der Waals surface area contributed by atoms with E-state index in [9.17, 15) is 14.4 Å². The zero-order chi connectivity index (χ0) is 28.1. The molecule has 8 heteroatoms. The number of carbonyl (C=O) groups excluding carboxylic acids is 3. The van der Waals surface area contributed by atoms with Gasteiger partial charge < -0.3 is 24.8 Å². The van der Waals surface area contributed by atoms with Crippen LogP contribution >= 0.6 is 0 Å². The standard InChI is InChI=1S/C31H36N2O6/c1-4-29(35)33-22-26(34)14-19-30(36)32-20-21-39-31(23-8-6-5-7-9-23,24-10-15-27(37-2)16-11-24)25-12-17-28(38-3)18-13-25/h5-13,15-18H,4,14,19-22H2,1-3H3,(H,32,36)(H,33,35). The Labute approximate surface area is 229 Å². The number of amides is 2. The van der Waals surface area contributed by atoms with Crippen molar-refractivity contribution in [1.82, 2.24) is 10.6 Å². The number of benzene rings is 3. The number of Topliss-reactive ketones (excluding diaryl/α,β-unsaturated/α-hetero) is 1. The third kappa shape index (κ3) is 7.91. The number of carbonyl (C=O) groups is 3. The summed E-state index contributed by atoms with van der Waals surface area (Å²) in [7, 11) is 3.24. The predicted molar refractivity (Wildman–Crippen MR) is 149 cm³/mol. The van der Waals surface area contributed by atoms with Crippen LogP contribution in [0.4, 0.5) is 0 Å². The Morgan fingerprint density at radius 3 is 1.74 bits per heavy atom. The Morgan fingerprint density at radius 2 is 1.23 bits per heavy atom. The lowest BCUT2D eigenvalue weighted by atomic mass is 9.80. The summed E-state index contributed by atoms with van der Waals surface area (Å²) in [6, 6.07) is 25.3. The van der Waals surface area contributed by atoms with Crippen LogP contribution in [0, 0.1) is 0 Å². The van der Waals surface area contributed by atoms with Crippen LogP contribution in [0.15, 0.2) is 78.9 Å². The van der Waals surface area contributed by atoms with Gasteiger partial charge in [0.25, 0.3) is 0 Å². The maximum Gasteiger partial charge on any atom is 0.220 e. The molecule has 3 aromatic carbocycles. The Kier molecular flexibility index (Phi) is 11.1. The van der Waals surface area contributed by atoms with Crippen molar-refractivity contribution in [3.8, 4) is 11.5 Å². The van der Waals surface area contributed by atoms with E-state index >= 15 is 0 Å². The Bertz CT molecular complexity index is 1160. The van der Waals surface area contributed by atoms with Gasteiger partial charge in [0.05, 0.1) is 27.4 Å². The maximum atomic E-state index is 12.4. The van der Waals surface area contributed by atoms with E-state index < -0.39 is 5.60 Å². The molecule has 206 valence electrons. The molecule has 0 heterocycles. The van der Waals surface area contributed by atoms with Crippen molar-refractivity contribution < 1.29 is 28.6 Å². The monoisotopic (exact) mass is 532 g/mol. The highest BCUT2D eigenvalue weighted by Crippen LogP contribution is 2.41. The van der Waals surface area contributed by atoms with Gasteiger partial charge in [-0.3, -0.25) is 14.4 Å². The SMILES string of the molecule is CCC(=O)NCC(=O)CCC(=O)NCCOC(c1ccccc1)(c1ccc(OC)cc1)c1ccc(OC)cc1. The van der Waals surface area contributed by atoms with Gasteiger partial charge in [0.1, 0.15) is 17.1 Å². The molecule has 0 aliphatic carbocycles. The summed E-state index contributed by atoms with van der Waals surface area (Å²) in [6.45, 7) is 2.11. The summed E-state index contributed by atoms with van der Waals surface area (Å²) in [4.78, 5) is 35.6. The fraction of sp³-hybridized carbons (Fsp3) is 0.323. The molecule has 0 unspecified atom stereocenters. The van der Waals surface area contributed by atoms with Gasteiger partial charge in [0.15, 0.2) is 5.78 Å². The van der Waals surface area contributed by atoms with Crippen LogP contribution in [0.2, 0.25) is 0 Å². The molecule has 0 aliphatic rings. The molecule has 0 saturated carbocycles. The molecular formula is C31H36N2O6. The molecule has 3 aromatic rings. The Morgan fingerprint density at radius 1 is 0.692 bits per heavy atom. The number of methoxy groups -OCH3 is 2. The number of rotatable bonds is 15. The summed E-state index contributed by atoms with van der Waals surface area (Å²) in [5.41, 5.74) is 1.74. The molecule has 2 N–H and O–H groups in total. The number of ether oxygens (including phenoxy) is 3. The van der Waals surface area contributed by atoms with Crippen LogP contribution in [-0.2, 0) is 24.7 Å². The average Bonchev–Trinajstić information content (AvgIpc) is 2.99. The largest absolute Gasteiger partial charge is 0.497 e. The van der Waals surface area contributed by atoms with Gasteiger partial charge >= 0.3 is 0 Å². The van der Waals surface area contributed by atoms with Gasteiger partial charge in [0.2, 0.25) is 11.8 Å². The highest BCUT2D eigenvalue weighted by molar-refractivity contribution is 5.88. The second-order valence-corrected chi connectivity index (χ2v) is 8.87. The quantitative estimate of drug-likeness (QED) is 0.227. The van der Waals surface area contributed by atoms with Crippen molar-refractivity contribution in [3.05, 3.63) is 95.6 Å². The molecule has 39 heavy (non-hydrogen) atoms. The van der Waals surface area contributed by atoms with E-state index in [0.29, 0.717) is 6.42 Å². The van der Waals surface area contributed by atoms with E-state index in [2.05, 4.69) is 10.6 Å². The van der Waals surface area contributed by atoms with Gasteiger partial charge in [-0.05, 0) is 41.0 Å². The molecule has 8 nitrogen and oxygen atoms in total. The minimum atomic E-state index is -0.974. The zero-order valence-electron chi connectivity index (χ0n) is 22.7. The van der Waals surface area contributed by atoms with E-state index in [-0.39, 0.29) is 50.1 Å². The molecule has 0 fully saturated rings. The van der Waals surface area contributed by atoms with Crippen LogP contribution in [0.25, 0.3) is 0 Å². The molecular weight excluding hydrogens is 496 g/mol. The van der Waals surface area contributed by atoms with Crippen LogP contribution in [-0.4, -0.2) is 51.5 Å². The normalized spacial score (nSPS) is 10.9. The average molecular weight is 533 g/mol. The Balaban J connectivity index is 1.77. The van der Waals surface area contributed by atoms with Crippen molar-refractivity contribution >= 4 is 17.6 Å². The Hall–Kier alpha value is -4.17. The highest BCUT2D eigenvalue weighted by atomic mass is 16.5. The van der Waals surface area contributed by atoms with E-state index in [1.165, 1.54) is 0 Å². The number of ketones is 1. The van der Waals surface area contributed by atoms with E-state index in [0.717, 1.165) is 28.2 Å². The minimum absolute atomic E-state index is 0.0433. The number of hydrogen-bond acceptors (Lipinski definition) is 6. The van der Waals surface area contributed by atoms with Gasteiger partial charge in [-0.25, -0.2) is 0 Å². The molecule has 0 bridgehead atoms. The molecule has 0 aliphatic heterocycles. The molecule has 2 amide bonds. The topological polar surface area (TPSA) is 103 Å². The second kappa shape index (κ2) is 14.7. The van der Waals surface area contributed by atoms with Crippen molar-refractivity contribution in [1.29, 1.82) is 0 Å². The summed E-state index contributed by atoms with van der Waals surface area (Å²) >= 11 is 0. The first-order valence-corrected chi connectivity index (χ1v) is 13.0. The first-order valence-electron chi connectivity index (χ1n) is 13.0. The first kappa shape index (κ1) is 29.4. The lowest BCUT2D eigenvalue weighted by Crippen LogP contribution is -2.36. The number of hydrogen-bond donors (Lipinski definition) is 2. The zero-order valence-corrected chi connectivity index (χ0v) is 22.7. The van der Waals surface area contributed by atoms with Crippen molar-refractivity contribution in [2.75, 3.05) is 33.9 Å². The fourth-order valence-corrected chi connectivity index (χ4v) is 4.22. The highest BCUT2D eigenvalue weighted by Gasteiger charge is 2.37. The van der Waals surface area contributed by atoms with E-state index in [1.807, 2.05) is 78.9 Å². The van der Waals surface area contributed by atoms with Gasteiger partial charge in [-0.15, -0.1) is 0 Å². The lowest BCUT2D eigenvalue weighted by molar-refractivity contribution is -0.126. The summed E-state index contributed by atoms with van der Waals surface area (Å²) in [5, 5.41) is 5.36. The number of nitrogens with one attached hydrogen (secondary N) is 2. The summed E-state index contributed by atoms with van der Waals surface area (Å²) in [6.07, 6.45) is 0.412. The van der Waals surface area contributed by atoms with Gasteiger partial charge in [-0.2, -0.15) is 0 Å². The van der Waals surface area contributed by atoms with Crippen molar-refractivity contribution in [2.45, 2.75) is 31.8 Å². The van der Waals surface area contributed by atoms with Gasteiger partial charge in [-0.1, -0.05) is 61.5 Å². The first-order chi connectivity index (χ1) is 18.9. The van der Waals surface area contributed by atoms with Crippen LogP contribution in [0.1, 0.15) is 42.9 Å². The van der Waals surface area contributed by atoms with Crippen LogP contribution in [0.3, 0.4) is 0 Å². The molecule has 0 radical (unpaired) electrons. The van der Waals surface area contributed by atoms with Crippen molar-refractivity contribution in [2.24, 2.45) is 0 Å². The smallest absolute Gasteiger partial charge is 0.220 e. The van der Waals surface area contributed by atoms with E-state index in [4.69, 9.17) is 14.2 Å².